The molecular weight excluding hydrogens is 376 g/mol. The quantitative estimate of drug-likeness (QED) is 0.499. The lowest BCUT2D eigenvalue weighted by Crippen LogP contribution is -2.19. The Hall–Kier alpha value is -3.87. The Bertz CT molecular complexity index is 1100. The van der Waals surface area contributed by atoms with Crippen LogP contribution in [-0.2, 0) is 0 Å². The van der Waals surface area contributed by atoms with Crippen LogP contribution in [0.3, 0.4) is 0 Å². The first-order valence-electron chi connectivity index (χ1n) is 8.70. The van der Waals surface area contributed by atoms with E-state index in [1.807, 2.05) is 0 Å². The lowest BCUT2D eigenvalue weighted by Gasteiger charge is -2.08. The monoisotopic (exact) mass is 393 g/mol. The van der Waals surface area contributed by atoms with Gasteiger partial charge in [0, 0.05) is 16.8 Å². The second-order valence-corrected chi connectivity index (χ2v) is 6.19. The Morgan fingerprint density at radius 3 is 1.93 bits per heavy atom. The van der Waals surface area contributed by atoms with Crippen molar-refractivity contribution < 1.29 is 18.4 Å². The third-order valence-electron chi connectivity index (χ3n) is 4.04. The maximum absolute atomic E-state index is 13.3. The zero-order chi connectivity index (χ0) is 20.8. The molecular formula is C22H17F2N3O2. The van der Waals surface area contributed by atoms with Crippen LogP contribution in [0.15, 0.2) is 77.9 Å². The summed E-state index contributed by atoms with van der Waals surface area (Å²) < 4.78 is 26.5. The minimum absolute atomic E-state index is 0.151. The van der Waals surface area contributed by atoms with Gasteiger partial charge in [0.15, 0.2) is 0 Å². The number of halogens is 2. The molecule has 2 N–H and O–H groups in total. The number of rotatable bonds is 5. The van der Waals surface area contributed by atoms with E-state index in [1.165, 1.54) is 36.4 Å². The van der Waals surface area contributed by atoms with Gasteiger partial charge >= 0.3 is 0 Å². The predicted octanol–water partition coefficient (Wildman–Crippen LogP) is 4.37. The number of hydrogen-bond donors (Lipinski definition) is 2. The highest BCUT2D eigenvalue weighted by Crippen LogP contribution is 2.14. The second kappa shape index (κ2) is 8.88. The summed E-state index contributed by atoms with van der Waals surface area (Å²) in [4.78, 5) is 24.3. The summed E-state index contributed by atoms with van der Waals surface area (Å²) in [5, 5.41) is 6.71. The zero-order valence-electron chi connectivity index (χ0n) is 15.4. The molecule has 0 heterocycles. The molecule has 0 bridgehead atoms. The van der Waals surface area contributed by atoms with Gasteiger partial charge in [-0.3, -0.25) is 9.59 Å². The predicted molar refractivity (Wildman–Crippen MR) is 107 cm³/mol. The fraction of sp³-hybridized carbons (Fsp3) is 0.0455. The summed E-state index contributed by atoms with van der Waals surface area (Å²) in [5.41, 5.74) is 4.34. The van der Waals surface area contributed by atoms with Crippen molar-refractivity contribution >= 4 is 23.2 Å². The first-order chi connectivity index (χ1) is 13.9. The van der Waals surface area contributed by atoms with E-state index in [0.29, 0.717) is 17.0 Å². The van der Waals surface area contributed by atoms with Crippen molar-refractivity contribution in [1.29, 1.82) is 0 Å². The van der Waals surface area contributed by atoms with Gasteiger partial charge in [-0.25, -0.2) is 14.2 Å². The van der Waals surface area contributed by atoms with E-state index >= 15 is 0 Å². The summed E-state index contributed by atoms with van der Waals surface area (Å²) in [7, 11) is 0. The molecule has 2 amide bonds. The number of benzene rings is 3. The molecule has 3 aromatic carbocycles. The standard InChI is InChI=1S/C22H17F2N3O2/c1-14(26-27-22(29)17-7-3-9-19(24)12-17)15-5-4-10-20(13-15)25-21(28)16-6-2-8-18(23)11-16/h2-13H,1H3,(H,25,28)(H,27,29). The molecule has 7 heteroatoms. The van der Waals surface area contributed by atoms with E-state index in [4.69, 9.17) is 0 Å². The van der Waals surface area contributed by atoms with Crippen LogP contribution in [0.4, 0.5) is 14.5 Å². The Morgan fingerprint density at radius 1 is 0.759 bits per heavy atom. The summed E-state index contributed by atoms with van der Waals surface area (Å²) >= 11 is 0. The average Bonchev–Trinajstić information content (AvgIpc) is 2.72. The number of hydrazone groups is 1. The Kier molecular flexibility index (Phi) is 6.09. The molecule has 0 atom stereocenters. The van der Waals surface area contributed by atoms with Crippen molar-refractivity contribution in [2.45, 2.75) is 6.92 Å². The van der Waals surface area contributed by atoms with Gasteiger partial charge < -0.3 is 5.32 Å². The molecule has 0 aromatic heterocycles. The maximum Gasteiger partial charge on any atom is 0.271 e. The van der Waals surface area contributed by atoms with Crippen LogP contribution in [0.2, 0.25) is 0 Å². The number of carbonyl (C=O) groups is 2. The van der Waals surface area contributed by atoms with Crippen LogP contribution in [0.25, 0.3) is 0 Å². The molecule has 3 aromatic rings. The molecule has 0 saturated heterocycles. The minimum Gasteiger partial charge on any atom is -0.322 e. The van der Waals surface area contributed by atoms with E-state index < -0.39 is 23.4 Å². The van der Waals surface area contributed by atoms with Gasteiger partial charge in [-0.15, -0.1) is 0 Å². The SMILES string of the molecule is CC(=NNC(=O)c1cccc(F)c1)c1cccc(NC(=O)c2cccc(F)c2)c1. The Morgan fingerprint density at radius 2 is 1.31 bits per heavy atom. The van der Waals surface area contributed by atoms with Gasteiger partial charge in [0.05, 0.1) is 5.71 Å². The number of nitrogens with zero attached hydrogens (tertiary/aromatic N) is 1. The fourth-order valence-electron chi connectivity index (χ4n) is 2.55. The lowest BCUT2D eigenvalue weighted by atomic mass is 10.1. The number of hydrogen-bond acceptors (Lipinski definition) is 3. The van der Waals surface area contributed by atoms with Gasteiger partial charge in [-0.2, -0.15) is 5.10 Å². The van der Waals surface area contributed by atoms with Crippen LogP contribution in [0.1, 0.15) is 33.2 Å². The van der Waals surface area contributed by atoms with Crippen LogP contribution < -0.4 is 10.7 Å². The van der Waals surface area contributed by atoms with Gasteiger partial charge in [-0.05, 0) is 61.0 Å². The third kappa shape index (κ3) is 5.32. The molecule has 29 heavy (non-hydrogen) atoms. The van der Waals surface area contributed by atoms with E-state index in [2.05, 4.69) is 15.8 Å². The van der Waals surface area contributed by atoms with Crippen LogP contribution >= 0.6 is 0 Å². The van der Waals surface area contributed by atoms with Crippen LogP contribution in [0, 0.1) is 11.6 Å². The van der Waals surface area contributed by atoms with E-state index in [0.717, 1.165) is 12.1 Å². The highest BCUT2D eigenvalue weighted by Gasteiger charge is 2.09. The fourth-order valence-corrected chi connectivity index (χ4v) is 2.55. The average molecular weight is 393 g/mol. The van der Waals surface area contributed by atoms with Gasteiger partial charge in [0.25, 0.3) is 11.8 Å². The van der Waals surface area contributed by atoms with Crippen molar-refractivity contribution in [1.82, 2.24) is 5.43 Å². The molecule has 0 spiro atoms. The molecule has 0 fully saturated rings. The normalized spacial score (nSPS) is 11.1. The Labute approximate surface area is 166 Å². The molecule has 5 nitrogen and oxygen atoms in total. The first-order valence-corrected chi connectivity index (χ1v) is 8.70. The molecule has 0 saturated carbocycles. The molecule has 3 rings (SSSR count). The zero-order valence-corrected chi connectivity index (χ0v) is 15.4. The summed E-state index contributed by atoms with van der Waals surface area (Å²) in [6.45, 7) is 1.68. The van der Waals surface area contributed by atoms with Gasteiger partial charge in [0.1, 0.15) is 11.6 Å². The van der Waals surface area contributed by atoms with Crippen molar-refractivity contribution in [3.63, 3.8) is 0 Å². The van der Waals surface area contributed by atoms with Gasteiger partial charge in [0.2, 0.25) is 0 Å². The molecule has 0 aliphatic rings. The van der Waals surface area contributed by atoms with E-state index in [9.17, 15) is 18.4 Å². The topological polar surface area (TPSA) is 70.6 Å². The maximum atomic E-state index is 13.3. The summed E-state index contributed by atoms with van der Waals surface area (Å²) in [5.74, 6) is -2.00. The highest BCUT2D eigenvalue weighted by atomic mass is 19.1. The van der Waals surface area contributed by atoms with Gasteiger partial charge in [-0.1, -0.05) is 24.3 Å². The first kappa shape index (κ1) is 19.9. The number of anilines is 1. The third-order valence-corrected chi connectivity index (χ3v) is 4.04. The molecule has 0 aliphatic carbocycles. The Balaban J connectivity index is 1.70. The van der Waals surface area contributed by atoms with Crippen molar-refractivity contribution in [3.8, 4) is 0 Å². The second-order valence-electron chi connectivity index (χ2n) is 6.19. The highest BCUT2D eigenvalue weighted by molar-refractivity contribution is 6.06. The van der Waals surface area contributed by atoms with Crippen LogP contribution in [0.5, 0.6) is 0 Å². The summed E-state index contributed by atoms with van der Waals surface area (Å²) in [6.07, 6.45) is 0. The molecule has 0 radical (unpaired) electrons. The number of amides is 2. The minimum atomic E-state index is -0.542. The lowest BCUT2D eigenvalue weighted by molar-refractivity contribution is 0.0953. The van der Waals surface area contributed by atoms with E-state index in [1.54, 1.807) is 31.2 Å². The molecule has 146 valence electrons. The van der Waals surface area contributed by atoms with Crippen molar-refractivity contribution in [2.24, 2.45) is 5.10 Å². The van der Waals surface area contributed by atoms with Crippen LogP contribution in [-0.4, -0.2) is 17.5 Å². The van der Waals surface area contributed by atoms with Crippen molar-refractivity contribution in [2.75, 3.05) is 5.32 Å². The smallest absolute Gasteiger partial charge is 0.271 e. The largest absolute Gasteiger partial charge is 0.322 e. The molecule has 0 aliphatic heterocycles. The number of carbonyl (C=O) groups excluding carboxylic acids is 2. The van der Waals surface area contributed by atoms with E-state index in [-0.39, 0.29) is 11.1 Å². The number of nitrogens with one attached hydrogen (secondary N) is 2. The summed E-state index contributed by atoms with van der Waals surface area (Å²) in [6, 6.07) is 17.5. The van der Waals surface area contributed by atoms with Crippen molar-refractivity contribution in [3.05, 3.63) is 101 Å². The molecule has 0 unspecified atom stereocenters.